The third-order valence-electron chi connectivity index (χ3n) is 2.93. The standard InChI is InChI=1S/C13H9NO2/c1-14(16)12-9-6-2-4-8-5-3-7-10(11(8)9)13(12)15/h2-7H,1H3/b14-12-. The minimum absolute atomic E-state index is 0.177. The summed E-state index contributed by atoms with van der Waals surface area (Å²) in [5, 5.41) is 13.3. The molecule has 3 rings (SSSR count). The normalized spacial score (nSPS) is 16.9. The van der Waals surface area contributed by atoms with Crippen LogP contribution in [-0.2, 0) is 0 Å². The van der Waals surface area contributed by atoms with E-state index in [-0.39, 0.29) is 11.5 Å². The second-order valence-electron chi connectivity index (χ2n) is 3.88. The first-order valence-electron chi connectivity index (χ1n) is 5.05. The lowest BCUT2D eigenvalue weighted by Gasteiger charge is -2.00. The molecule has 0 aromatic heterocycles. The highest BCUT2D eigenvalue weighted by molar-refractivity contribution is 6.57. The molecular formula is C13H9NO2. The highest BCUT2D eigenvalue weighted by Gasteiger charge is 2.33. The molecule has 0 spiro atoms. The number of ketones is 1. The minimum Gasteiger partial charge on any atom is -0.623 e. The molecule has 0 atom stereocenters. The van der Waals surface area contributed by atoms with Crippen molar-refractivity contribution >= 4 is 22.3 Å². The van der Waals surface area contributed by atoms with Crippen molar-refractivity contribution in [2.24, 2.45) is 0 Å². The van der Waals surface area contributed by atoms with Crippen LogP contribution in [0.5, 0.6) is 0 Å². The van der Waals surface area contributed by atoms with E-state index in [4.69, 9.17) is 0 Å². The molecule has 0 fully saturated rings. The first-order chi connectivity index (χ1) is 7.70. The molecule has 78 valence electrons. The zero-order valence-corrected chi connectivity index (χ0v) is 8.73. The molecule has 0 radical (unpaired) electrons. The second kappa shape index (κ2) is 2.92. The summed E-state index contributed by atoms with van der Waals surface area (Å²) >= 11 is 0. The van der Waals surface area contributed by atoms with Gasteiger partial charge in [-0.3, -0.25) is 4.79 Å². The van der Waals surface area contributed by atoms with Crippen molar-refractivity contribution < 1.29 is 9.53 Å². The van der Waals surface area contributed by atoms with Crippen molar-refractivity contribution in [3.8, 4) is 0 Å². The van der Waals surface area contributed by atoms with Crippen LogP contribution < -0.4 is 0 Å². The fraction of sp³-hybridized carbons (Fsp3) is 0.0769. The number of carbonyl (C=O) groups excluding carboxylic acids is 1. The Morgan fingerprint density at radius 3 is 2.31 bits per heavy atom. The molecule has 0 aliphatic heterocycles. The molecule has 0 heterocycles. The van der Waals surface area contributed by atoms with E-state index >= 15 is 0 Å². The predicted octanol–water partition coefficient (Wildman–Crippen LogP) is 1.97. The first-order valence-corrected chi connectivity index (χ1v) is 5.05. The van der Waals surface area contributed by atoms with Gasteiger partial charge in [0.2, 0.25) is 0 Å². The number of hydrogen-bond acceptors (Lipinski definition) is 2. The minimum atomic E-state index is -0.177. The maximum Gasteiger partial charge on any atom is 0.267 e. The van der Waals surface area contributed by atoms with Gasteiger partial charge in [-0.05, 0) is 11.5 Å². The Balaban J connectivity index is 2.55. The Bertz CT molecular complexity index is 647. The van der Waals surface area contributed by atoms with Crippen LogP contribution >= 0.6 is 0 Å². The number of nitrogens with zero attached hydrogens (tertiary/aromatic N) is 1. The molecule has 0 saturated carbocycles. The van der Waals surface area contributed by atoms with Gasteiger partial charge in [0, 0.05) is 10.9 Å². The highest BCUT2D eigenvalue weighted by atomic mass is 16.5. The van der Waals surface area contributed by atoms with Crippen molar-refractivity contribution in [3.63, 3.8) is 0 Å². The van der Waals surface area contributed by atoms with Gasteiger partial charge in [0.25, 0.3) is 11.5 Å². The topological polar surface area (TPSA) is 43.1 Å². The summed E-state index contributed by atoms with van der Waals surface area (Å²) < 4.78 is 0.650. The van der Waals surface area contributed by atoms with Gasteiger partial charge in [0.15, 0.2) is 0 Å². The van der Waals surface area contributed by atoms with Crippen LogP contribution in [0.15, 0.2) is 36.4 Å². The Morgan fingerprint density at radius 1 is 1.06 bits per heavy atom. The summed E-state index contributed by atoms with van der Waals surface area (Å²) in [5.41, 5.74) is 1.62. The summed E-state index contributed by atoms with van der Waals surface area (Å²) in [5.74, 6) is -0.177. The molecule has 2 aromatic carbocycles. The van der Waals surface area contributed by atoms with E-state index in [1.165, 1.54) is 7.05 Å². The van der Waals surface area contributed by atoms with Gasteiger partial charge in [-0.1, -0.05) is 30.3 Å². The smallest absolute Gasteiger partial charge is 0.267 e. The fourth-order valence-corrected chi connectivity index (χ4v) is 2.29. The largest absolute Gasteiger partial charge is 0.623 e. The van der Waals surface area contributed by atoms with E-state index in [1.807, 2.05) is 30.3 Å². The van der Waals surface area contributed by atoms with E-state index < -0.39 is 0 Å². The number of hydrogen-bond donors (Lipinski definition) is 0. The maximum atomic E-state index is 12.0. The number of benzene rings is 2. The lowest BCUT2D eigenvalue weighted by Crippen LogP contribution is -2.18. The molecule has 0 amide bonds. The Morgan fingerprint density at radius 2 is 1.69 bits per heavy atom. The predicted molar refractivity (Wildman–Crippen MR) is 61.9 cm³/mol. The lowest BCUT2D eigenvalue weighted by molar-refractivity contribution is -0.420. The highest BCUT2D eigenvalue weighted by Crippen LogP contribution is 2.30. The van der Waals surface area contributed by atoms with E-state index in [0.717, 1.165) is 16.3 Å². The third-order valence-corrected chi connectivity index (χ3v) is 2.93. The van der Waals surface area contributed by atoms with Crippen molar-refractivity contribution in [1.82, 2.24) is 0 Å². The second-order valence-corrected chi connectivity index (χ2v) is 3.88. The van der Waals surface area contributed by atoms with Crippen LogP contribution in [0.1, 0.15) is 15.9 Å². The van der Waals surface area contributed by atoms with E-state index in [1.54, 1.807) is 6.07 Å². The van der Waals surface area contributed by atoms with E-state index in [2.05, 4.69) is 0 Å². The zero-order valence-electron chi connectivity index (χ0n) is 8.73. The SMILES string of the molecule is C/[N+]([O-])=C1/C(=O)c2cccc3cccc1c23. The summed E-state index contributed by atoms with van der Waals surface area (Å²) in [6.45, 7) is 0. The van der Waals surface area contributed by atoms with Crippen LogP contribution in [0.2, 0.25) is 0 Å². The quantitative estimate of drug-likeness (QED) is 0.380. The Labute approximate surface area is 92.2 Å². The molecule has 1 aliphatic rings. The summed E-state index contributed by atoms with van der Waals surface area (Å²) in [6.07, 6.45) is 0. The molecular weight excluding hydrogens is 202 g/mol. The van der Waals surface area contributed by atoms with Crippen molar-refractivity contribution in [2.45, 2.75) is 0 Å². The van der Waals surface area contributed by atoms with Gasteiger partial charge in [-0.2, -0.15) is 0 Å². The average molecular weight is 211 g/mol. The molecule has 0 N–H and O–H groups in total. The molecule has 0 saturated heterocycles. The van der Waals surface area contributed by atoms with Gasteiger partial charge in [0.1, 0.15) is 7.05 Å². The summed E-state index contributed by atoms with van der Waals surface area (Å²) in [4.78, 5) is 12.0. The van der Waals surface area contributed by atoms with Gasteiger partial charge < -0.3 is 5.21 Å². The molecule has 1 aliphatic carbocycles. The third kappa shape index (κ3) is 0.972. The first kappa shape index (κ1) is 9.09. The molecule has 16 heavy (non-hydrogen) atoms. The van der Waals surface area contributed by atoms with Crippen molar-refractivity contribution in [2.75, 3.05) is 7.05 Å². The Hall–Kier alpha value is -2.16. The van der Waals surface area contributed by atoms with Crippen LogP contribution in [-0.4, -0.2) is 23.3 Å². The van der Waals surface area contributed by atoms with Gasteiger partial charge in [-0.15, -0.1) is 0 Å². The average Bonchev–Trinajstić information content (AvgIpc) is 2.55. The van der Waals surface area contributed by atoms with Crippen LogP contribution in [0.4, 0.5) is 0 Å². The molecule has 0 unspecified atom stereocenters. The summed E-state index contributed by atoms with van der Waals surface area (Å²) in [6, 6.07) is 11.2. The van der Waals surface area contributed by atoms with Gasteiger partial charge in [-0.25, -0.2) is 4.74 Å². The molecule has 3 nitrogen and oxygen atoms in total. The van der Waals surface area contributed by atoms with Gasteiger partial charge >= 0.3 is 0 Å². The monoisotopic (exact) mass is 211 g/mol. The van der Waals surface area contributed by atoms with Crippen LogP contribution in [0, 0.1) is 5.21 Å². The van der Waals surface area contributed by atoms with Crippen molar-refractivity contribution in [1.29, 1.82) is 0 Å². The molecule has 0 bridgehead atoms. The number of Topliss-reactive ketones (excluding diaryl/α,β-unsaturated/α-hetero) is 1. The maximum absolute atomic E-state index is 12.0. The Kier molecular flexibility index (Phi) is 1.66. The zero-order chi connectivity index (χ0) is 11.3. The van der Waals surface area contributed by atoms with E-state index in [9.17, 15) is 10.0 Å². The summed E-state index contributed by atoms with van der Waals surface area (Å²) in [7, 11) is 1.36. The van der Waals surface area contributed by atoms with Gasteiger partial charge in [0.05, 0.1) is 5.56 Å². The fourth-order valence-electron chi connectivity index (χ4n) is 2.29. The number of carbonyl (C=O) groups is 1. The van der Waals surface area contributed by atoms with Crippen LogP contribution in [0.25, 0.3) is 10.8 Å². The van der Waals surface area contributed by atoms with E-state index in [0.29, 0.717) is 10.3 Å². The number of rotatable bonds is 0. The molecule has 2 aromatic rings. The molecule has 3 heteroatoms. The van der Waals surface area contributed by atoms with Crippen molar-refractivity contribution in [3.05, 3.63) is 52.7 Å². The van der Waals surface area contributed by atoms with Crippen LogP contribution in [0.3, 0.4) is 0 Å². The number of hydroxylamine groups is 1. The lowest BCUT2D eigenvalue weighted by atomic mass is 10.1.